The molecule has 0 saturated carbocycles. The highest BCUT2D eigenvalue weighted by Gasteiger charge is 2.22. The van der Waals surface area contributed by atoms with Crippen LogP contribution in [0.5, 0.6) is 0 Å². The first-order valence-corrected chi connectivity index (χ1v) is 8.91. The van der Waals surface area contributed by atoms with E-state index in [-0.39, 0.29) is 5.41 Å². The minimum absolute atomic E-state index is 0.103. The maximum Gasteiger partial charge on any atom is 0.178 e. The standard InChI is InChI=1S/C17H24N6S/c1-17(2,3)16-20-19-15-9-8-14(21-23(15)16)18-11-12(22(4)5)13-7-6-10-24-13/h6-10,12H,11H2,1-5H3,(H,18,21). The summed E-state index contributed by atoms with van der Waals surface area (Å²) >= 11 is 1.78. The molecule has 128 valence electrons. The fourth-order valence-corrected chi connectivity index (χ4v) is 3.49. The molecule has 7 heteroatoms. The number of thiophene rings is 1. The van der Waals surface area contributed by atoms with Crippen LogP contribution < -0.4 is 5.32 Å². The Morgan fingerprint density at radius 2 is 2.00 bits per heavy atom. The molecule has 0 aliphatic rings. The molecule has 0 bridgehead atoms. The van der Waals surface area contributed by atoms with E-state index in [4.69, 9.17) is 0 Å². The monoisotopic (exact) mass is 344 g/mol. The predicted molar refractivity (Wildman–Crippen MR) is 98.7 cm³/mol. The van der Waals surface area contributed by atoms with Crippen molar-refractivity contribution in [3.05, 3.63) is 40.3 Å². The van der Waals surface area contributed by atoms with Crippen LogP contribution in [0.25, 0.3) is 5.65 Å². The molecule has 1 atom stereocenters. The number of nitrogens with zero attached hydrogens (tertiary/aromatic N) is 5. The van der Waals surface area contributed by atoms with Crippen LogP contribution in [0, 0.1) is 0 Å². The van der Waals surface area contributed by atoms with Crippen molar-refractivity contribution in [1.82, 2.24) is 24.7 Å². The molecular formula is C17H24N6S. The number of rotatable bonds is 5. The molecule has 6 nitrogen and oxygen atoms in total. The van der Waals surface area contributed by atoms with Gasteiger partial charge >= 0.3 is 0 Å². The van der Waals surface area contributed by atoms with Gasteiger partial charge in [0.15, 0.2) is 11.5 Å². The lowest BCUT2D eigenvalue weighted by Crippen LogP contribution is -2.26. The number of hydrogen-bond donors (Lipinski definition) is 1. The fourth-order valence-electron chi connectivity index (χ4n) is 2.57. The third-order valence-corrected chi connectivity index (χ3v) is 4.88. The summed E-state index contributed by atoms with van der Waals surface area (Å²) in [5, 5.41) is 18.7. The quantitative estimate of drug-likeness (QED) is 0.770. The Labute approximate surface area is 146 Å². The predicted octanol–water partition coefficient (Wildman–Crippen LogP) is 3.20. The molecule has 3 heterocycles. The van der Waals surface area contributed by atoms with Gasteiger partial charge in [-0.1, -0.05) is 26.8 Å². The summed E-state index contributed by atoms with van der Waals surface area (Å²) < 4.78 is 1.83. The maximum absolute atomic E-state index is 4.68. The molecule has 1 unspecified atom stereocenters. The van der Waals surface area contributed by atoms with E-state index in [1.54, 1.807) is 11.3 Å². The van der Waals surface area contributed by atoms with Crippen molar-refractivity contribution in [2.75, 3.05) is 26.0 Å². The number of nitrogens with one attached hydrogen (secondary N) is 1. The summed E-state index contributed by atoms with van der Waals surface area (Å²) in [6, 6.07) is 8.48. The van der Waals surface area contributed by atoms with Gasteiger partial charge in [-0.15, -0.1) is 26.6 Å². The van der Waals surface area contributed by atoms with E-state index in [1.165, 1.54) is 4.88 Å². The van der Waals surface area contributed by atoms with Gasteiger partial charge in [0.1, 0.15) is 5.82 Å². The number of anilines is 1. The normalized spacial score (nSPS) is 13.6. The third kappa shape index (κ3) is 3.42. The zero-order valence-electron chi connectivity index (χ0n) is 14.8. The van der Waals surface area contributed by atoms with Crippen LogP contribution in [0.1, 0.15) is 37.5 Å². The van der Waals surface area contributed by atoms with E-state index in [1.807, 2.05) is 16.6 Å². The molecule has 0 fully saturated rings. The molecule has 0 spiro atoms. The number of likely N-dealkylation sites (N-methyl/N-ethyl adjacent to an activating group) is 1. The van der Waals surface area contributed by atoms with Gasteiger partial charge in [0, 0.05) is 16.8 Å². The molecule has 24 heavy (non-hydrogen) atoms. The Bertz CT molecular complexity index is 800. The van der Waals surface area contributed by atoms with E-state index in [0.717, 1.165) is 23.8 Å². The molecule has 0 amide bonds. The Kier molecular flexibility index (Phi) is 4.56. The molecule has 0 saturated heterocycles. The van der Waals surface area contributed by atoms with Gasteiger partial charge in [-0.25, -0.2) is 0 Å². The van der Waals surface area contributed by atoms with Gasteiger partial charge in [0.25, 0.3) is 0 Å². The fraction of sp³-hybridized carbons (Fsp3) is 0.471. The van der Waals surface area contributed by atoms with Crippen molar-refractivity contribution in [2.45, 2.75) is 32.2 Å². The Balaban J connectivity index is 1.82. The Morgan fingerprint density at radius 1 is 1.21 bits per heavy atom. The summed E-state index contributed by atoms with van der Waals surface area (Å²) in [7, 11) is 4.19. The second-order valence-corrected chi connectivity index (χ2v) is 8.12. The van der Waals surface area contributed by atoms with E-state index >= 15 is 0 Å². The number of aromatic nitrogens is 4. The summed E-state index contributed by atoms with van der Waals surface area (Å²) in [5.74, 6) is 1.69. The van der Waals surface area contributed by atoms with Gasteiger partial charge in [0.2, 0.25) is 0 Å². The van der Waals surface area contributed by atoms with E-state index in [9.17, 15) is 0 Å². The van der Waals surface area contributed by atoms with Crippen molar-refractivity contribution >= 4 is 22.8 Å². The summed E-state index contributed by atoms with van der Waals surface area (Å²) in [6.07, 6.45) is 0. The molecule has 0 aromatic carbocycles. The molecular weight excluding hydrogens is 320 g/mol. The van der Waals surface area contributed by atoms with Crippen LogP contribution in [-0.2, 0) is 5.41 Å². The topological polar surface area (TPSA) is 58.3 Å². The van der Waals surface area contributed by atoms with Gasteiger partial charge < -0.3 is 10.2 Å². The molecule has 0 radical (unpaired) electrons. The van der Waals surface area contributed by atoms with Crippen molar-refractivity contribution in [3.63, 3.8) is 0 Å². The van der Waals surface area contributed by atoms with Crippen molar-refractivity contribution in [1.29, 1.82) is 0 Å². The second kappa shape index (κ2) is 6.49. The smallest absolute Gasteiger partial charge is 0.178 e. The lowest BCUT2D eigenvalue weighted by molar-refractivity contribution is 0.316. The Morgan fingerprint density at radius 3 is 2.62 bits per heavy atom. The lowest BCUT2D eigenvalue weighted by Gasteiger charge is -2.23. The van der Waals surface area contributed by atoms with Crippen molar-refractivity contribution < 1.29 is 0 Å². The molecule has 1 N–H and O–H groups in total. The first-order chi connectivity index (χ1) is 11.4. The summed E-state index contributed by atoms with van der Waals surface area (Å²) in [4.78, 5) is 3.56. The third-order valence-electron chi connectivity index (χ3n) is 3.91. The van der Waals surface area contributed by atoms with Crippen molar-refractivity contribution in [3.8, 4) is 0 Å². The SMILES string of the molecule is CN(C)C(CNc1ccc2nnc(C(C)(C)C)n2n1)c1cccs1. The Hall–Kier alpha value is -1.99. The number of fused-ring (bicyclic) bond motifs is 1. The van der Waals surface area contributed by atoms with Gasteiger partial charge in [-0.05, 0) is 37.7 Å². The van der Waals surface area contributed by atoms with Crippen LogP contribution in [0.3, 0.4) is 0 Å². The van der Waals surface area contributed by atoms with E-state index in [2.05, 4.69) is 77.9 Å². The highest BCUT2D eigenvalue weighted by atomic mass is 32.1. The minimum atomic E-state index is -0.103. The van der Waals surface area contributed by atoms with Gasteiger partial charge in [-0.2, -0.15) is 4.52 Å². The van der Waals surface area contributed by atoms with Crippen LogP contribution in [0.15, 0.2) is 29.6 Å². The first-order valence-electron chi connectivity index (χ1n) is 8.03. The molecule has 3 aromatic rings. The zero-order chi connectivity index (χ0) is 17.3. The first kappa shape index (κ1) is 16.9. The average molecular weight is 344 g/mol. The highest BCUT2D eigenvalue weighted by Crippen LogP contribution is 2.24. The summed E-state index contributed by atoms with van der Waals surface area (Å²) in [5.41, 5.74) is 0.668. The molecule has 3 rings (SSSR count). The maximum atomic E-state index is 4.68. The van der Waals surface area contributed by atoms with Crippen LogP contribution in [0.2, 0.25) is 0 Å². The second-order valence-electron chi connectivity index (χ2n) is 7.14. The van der Waals surface area contributed by atoms with Crippen LogP contribution in [0.4, 0.5) is 5.82 Å². The largest absolute Gasteiger partial charge is 0.367 e. The van der Waals surface area contributed by atoms with Crippen LogP contribution in [-0.4, -0.2) is 45.4 Å². The van der Waals surface area contributed by atoms with E-state index < -0.39 is 0 Å². The lowest BCUT2D eigenvalue weighted by atomic mass is 9.96. The van der Waals surface area contributed by atoms with E-state index in [0.29, 0.717) is 6.04 Å². The van der Waals surface area contributed by atoms with Gasteiger partial charge in [-0.3, -0.25) is 0 Å². The van der Waals surface area contributed by atoms with Crippen molar-refractivity contribution in [2.24, 2.45) is 0 Å². The molecule has 0 aliphatic heterocycles. The van der Waals surface area contributed by atoms with Crippen LogP contribution >= 0.6 is 11.3 Å². The minimum Gasteiger partial charge on any atom is -0.367 e. The molecule has 3 aromatic heterocycles. The zero-order valence-corrected chi connectivity index (χ0v) is 15.6. The summed E-state index contributed by atoms with van der Waals surface area (Å²) in [6.45, 7) is 7.14. The number of hydrogen-bond acceptors (Lipinski definition) is 6. The highest BCUT2D eigenvalue weighted by molar-refractivity contribution is 7.10. The molecule has 0 aliphatic carbocycles. The average Bonchev–Trinajstić information content (AvgIpc) is 3.15. The van der Waals surface area contributed by atoms with Gasteiger partial charge in [0.05, 0.1) is 6.04 Å².